The van der Waals surface area contributed by atoms with Gasteiger partial charge in [-0.15, -0.1) is 0 Å². The molecule has 19 heavy (non-hydrogen) atoms. The summed E-state index contributed by atoms with van der Waals surface area (Å²) in [5.74, 6) is 2.34. The van der Waals surface area contributed by atoms with Crippen molar-refractivity contribution < 1.29 is 4.74 Å². The Hall–Kier alpha value is -1.62. The van der Waals surface area contributed by atoms with Gasteiger partial charge in [0, 0.05) is 11.8 Å². The SMILES string of the molecule is Cc1nc(Br)cc(Nc2ccc(OC(C)C)cc2)n1. The molecule has 0 amide bonds. The van der Waals surface area contributed by atoms with Gasteiger partial charge in [0.2, 0.25) is 0 Å². The number of nitrogens with zero attached hydrogens (tertiary/aromatic N) is 2. The third kappa shape index (κ3) is 4.21. The second-order valence-electron chi connectivity index (χ2n) is 4.44. The number of aryl methyl sites for hydroxylation is 1. The predicted molar refractivity (Wildman–Crippen MR) is 80.0 cm³/mol. The minimum atomic E-state index is 0.180. The Labute approximate surface area is 121 Å². The van der Waals surface area contributed by atoms with Gasteiger partial charge in [0.05, 0.1) is 6.10 Å². The summed E-state index contributed by atoms with van der Waals surface area (Å²) in [5, 5.41) is 3.23. The summed E-state index contributed by atoms with van der Waals surface area (Å²) in [6.45, 7) is 5.87. The fraction of sp³-hybridized carbons (Fsp3) is 0.286. The van der Waals surface area contributed by atoms with Crippen LogP contribution in [0.1, 0.15) is 19.7 Å². The number of rotatable bonds is 4. The molecule has 0 spiro atoms. The van der Waals surface area contributed by atoms with Crippen molar-refractivity contribution in [1.29, 1.82) is 0 Å². The smallest absolute Gasteiger partial charge is 0.135 e. The normalized spacial score (nSPS) is 10.6. The molecule has 1 aromatic carbocycles. The summed E-state index contributed by atoms with van der Waals surface area (Å²) in [5.41, 5.74) is 0.959. The molecule has 0 atom stereocenters. The number of benzene rings is 1. The lowest BCUT2D eigenvalue weighted by atomic mass is 10.3. The fourth-order valence-corrected chi connectivity index (χ4v) is 2.11. The maximum atomic E-state index is 5.60. The van der Waals surface area contributed by atoms with Crippen molar-refractivity contribution in [3.63, 3.8) is 0 Å². The Morgan fingerprint density at radius 2 is 1.84 bits per heavy atom. The molecular formula is C14H16BrN3O. The molecule has 2 rings (SSSR count). The molecule has 2 aromatic rings. The van der Waals surface area contributed by atoms with Gasteiger partial charge in [-0.05, 0) is 61.0 Å². The molecular weight excluding hydrogens is 306 g/mol. The van der Waals surface area contributed by atoms with Crippen LogP contribution in [0.2, 0.25) is 0 Å². The summed E-state index contributed by atoms with van der Waals surface area (Å²) >= 11 is 3.35. The summed E-state index contributed by atoms with van der Waals surface area (Å²) in [7, 11) is 0. The van der Waals surface area contributed by atoms with E-state index in [1.54, 1.807) is 0 Å². The van der Waals surface area contributed by atoms with E-state index in [0.717, 1.165) is 27.7 Å². The van der Waals surface area contributed by atoms with Gasteiger partial charge >= 0.3 is 0 Å². The van der Waals surface area contributed by atoms with Crippen molar-refractivity contribution in [1.82, 2.24) is 9.97 Å². The lowest BCUT2D eigenvalue weighted by molar-refractivity contribution is 0.242. The first kappa shape index (κ1) is 13.8. The average Bonchev–Trinajstić information content (AvgIpc) is 2.29. The van der Waals surface area contributed by atoms with Crippen molar-refractivity contribution in [2.24, 2.45) is 0 Å². The zero-order valence-corrected chi connectivity index (χ0v) is 12.7. The Morgan fingerprint density at radius 1 is 1.16 bits per heavy atom. The minimum absolute atomic E-state index is 0.180. The summed E-state index contributed by atoms with van der Waals surface area (Å²) in [6.07, 6.45) is 0.180. The number of nitrogens with one attached hydrogen (secondary N) is 1. The Morgan fingerprint density at radius 3 is 2.42 bits per heavy atom. The van der Waals surface area contributed by atoms with Crippen molar-refractivity contribution in [2.45, 2.75) is 26.9 Å². The molecule has 0 fully saturated rings. The molecule has 5 heteroatoms. The van der Waals surface area contributed by atoms with Crippen molar-refractivity contribution in [2.75, 3.05) is 5.32 Å². The topological polar surface area (TPSA) is 47.0 Å². The molecule has 0 bridgehead atoms. The van der Waals surface area contributed by atoms with Crippen LogP contribution in [0.5, 0.6) is 5.75 Å². The highest BCUT2D eigenvalue weighted by Gasteiger charge is 2.02. The number of hydrogen-bond acceptors (Lipinski definition) is 4. The van der Waals surface area contributed by atoms with E-state index < -0.39 is 0 Å². The first-order valence-corrected chi connectivity index (χ1v) is 6.87. The van der Waals surface area contributed by atoms with Gasteiger partial charge in [-0.2, -0.15) is 0 Å². The number of ether oxygens (including phenoxy) is 1. The van der Waals surface area contributed by atoms with Crippen molar-refractivity contribution >= 4 is 27.4 Å². The number of halogens is 1. The van der Waals surface area contributed by atoms with Crippen LogP contribution in [-0.4, -0.2) is 16.1 Å². The van der Waals surface area contributed by atoms with Gasteiger partial charge in [0.25, 0.3) is 0 Å². The van der Waals surface area contributed by atoms with Crippen LogP contribution >= 0.6 is 15.9 Å². The molecule has 0 aliphatic rings. The van der Waals surface area contributed by atoms with E-state index in [-0.39, 0.29) is 6.10 Å². The molecule has 1 aromatic heterocycles. The van der Waals surface area contributed by atoms with Gasteiger partial charge < -0.3 is 10.1 Å². The van der Waals surface area contributed by atoms with E-state index in [4.69, 9.17) is 4.74 Å². The summed E-state index contributed by atoms with van der Waals surface area (Å²) in [4.78, 5) is 8.48. The maximum Gasteiger partial charge on any atom is 0.135 e. The number of anilines is 2. The predicted octanol–water partition coefficient (Wildman–Crippen LogP) is 4.08. The van der Waals surface area contributed by atoms with Crippen molar-refractivity contribution in [3.8, 4) is 5.75 Å². The van der Waals surface area contributed by atoms with E-state index in [2.05, 4.69) is 31.2 Å². The highest BCUT2D eigenvalue weighted by atomic mass is 79.9. The van der Waals surface area contributed by atoms with Crippen LogP contribution in [-0.2, 0) is 0 Å². The number of aromatic nitrogens is 2. The number of hydrogen-bond donors (Lipinski definition) is 1. The third-order valence-corrected chi connectivity index (χ3v) is 2.71. The zero-order chi connectivity index (χ0) is 13.8. The van der Waals surface area contributed by atoms with Crippen molar-refractivity contribution in [3.05, 3.63) is 40.8 Å². The molecule has 0 saturated carbocycles. The van der Waals surface area contributed by atoms with Gasteiger partial charge in [0.15, 0.2) is 0 Å². The lowest BCUT2D eigenvalue weighted by Gasteiger charge is -2.11. The first-order valence-electron chi connectivity index (χ1n) is 6.08. The molecule has 0 saturated heterocycles. The Kier molecular flexibility index (Phi) is 4.37. The first-order chi connectivity index (χ1) is 9.02. The van der Waals surface area contributed by atoms with E-state index in [9.17, 15) is 0 Å². The minimum Gasteiger partial charge on any atom is -0.491 e. The van der Waals surface area contributed by atoms with E-state index in [1.165, 1.54) is 0 Å². The molecule has 4 nitrogen and oxygen atoms in total. The van der Waals surface area contributed by atoms with Crippen LogP contribution < -0.4 is 10.1 Å². The summed E-state index contributed by atoms with van der Waals surface area (Å²) in [6, 6.07) is 9.63. The van der Waals surface area contributed by atoms with Crippen LogP contribution in [0, 0.1) is 6.92 Å². The molecule has 100 valence electrons. The molecule has 1 heterocycles. The van der Waals surface area contributed by atoms with E-state index >= 15 is 0 Å². The lowest BCUT2D eigenvalue weighted by Crippen LogP contribution is -2.05. The second kappa shape index (κ2) is 6.02. The molecule has 0 aliphatic carbocycles. The maximum absolute atomic E-state index is 5.60. The highest BCUT2D eigenvalue weighted by Crippen LogP contribution is 2.21. The quantitative estimate of drug-likeness (QED) is 0.862. The monoisotopic (exact) mass is 321 g/mol. The largest absolute Gasteiger partial charge is 0.491 e. The summed E-state index contributed by atoms with van der Waals surface area (Å²) < 4.78 is 6.36. The molecule has 1 N–H and O–H groups in total. The standard InChI is InChI=1S/C14H16BrN3O/c1-9(2)19-12-6-4-11(5-7-12)18-14-8-13(15)16-10(3)17-14/h4-9H,1-3H3,(H,16,17,18). The van der Waals surface area contributed by atoms with Gasteiger partial charge in [-0.25, -0.2) is 9.97 Å². The van der Waals surface area contributed by atoms with Crippen LogP contribution in [0.15, 0.2) is 34.9 Å². The van der Waals surface area contributed by atoms with Crippen LogP contribution in [0.25, 0.3) is 0 Å². The van der Waals surface area contributed by atoms with E-state index in [0.29, 0.717) is 0 Å². The average molecular weight is 322 g/mol. The highest BCUT2D eigenvalue weighted by molar-refractivity contribution is 9.10. The van der Waals surface area contributed by atoms with Gasteiger partial charge in [0.1, 0.15) is 22.0 Å². The van der Waals surface area contributed by atoms with Crippen LogP contribution in [0.3, 0.4) is 0 Å². The fourth-order valence-electron chi connectivity index (χ4n) is 1.63. The van der Waals surface area contributed by atoms with E-state index in [1.807, 2.05) is 51.1 Å². The Bertz CT molecular complexity index is 535. The van der Waals surface area contributed by atoms with Gasteiger partial charge in [-0.3, -0.25) is 0 Å². The zero-order valence-electron chi connectivity index (χ0n) is 11.1. The Balaban J connectivity index is 2.10. The van der Waals surface area contributed by atoms with Crippen LogP contribution in [0.4, 0.5) is 11.5 Å². The molecule has 0 unspecified atom stereocenters. The molecule has 0 radical (unpaired) electrons. The third-order valence-electron chi connectivity index (χ3n) is 2.31. The van der Waals surface area contributed by atoms with Gasteiger partial charge in [-0.1, -0.05) is 0 Å². The second-order valence-corrected chi connectivity index (χ2v) is 5.25. The molecule has 0 aliphatic heterocycles.